The van der Waals surface area contributed by atoms with E-state index in [0.717, 1.165) is 50.8 Å². The van der Waals surface area contributed by atoms with Crippen molar-refractivity contribution in [3.05, 3.63) is 78.9 Å². The average Bonchev–Trinajstić information content (AvgIpc) is 3.01. The highest BCUT2D eigenvalue weighted by atomic mass is 19.1. The maximum Gasteiger partial charge on any atom is 0.222 e. The maximum absolute atomic E-state index is 14.8. The fourth-order valence-electron chi connectivity index (χ4n) is 4.67. The number of aryl methyl sites for hydroxylation is 1. The lowest BCUT2D eigenvalue weighted by Gasteiger charge is -2.33. The van der Waals surface area contributed by atoms with Gasteiger partial charge in [-0.3, -0.25) is 9.59 Å². The fraction of sp³-hybridized carbons (Fsp3) is 0.438. The molecule has 4 N–H and O–H groups in total. The molecule has 2 aliphatic rings. The molecule has 2 aliphatic heterocycles. The number of aromatic nitrogens is 2. The van der Waals surface area contributed by atoms with E-state index in [0.29, 0.717) is 31.1 Å². The lowest BCUT2D eigenvalue weighted by molar-refractivity contribution is -0.122. The summed E-state index contributed by atoms with van der Waals surface area (Å²) in [6, 6.07) is 8.24. The first kappa shape index (κ1) is 33.2. The summed E-state index contributed by atoms with van der Waals surface area (Å²) in [5, 5.41) is 0. The van der Waals surface area contributed by atoms with Crippen molar-refractivity contribution in [1.82, 2.24) is 9.97 Å². The van der Waals surface area contributed by atoms with Gasteiger partial charge in [0, 0.05) is 32.6 Å². The third-order valence-corrected chi connectivity index (χ3v) is 7.20. The molecule has 0 spiro atoms. The summed E-state index contributed by atoms with van der Waals surface area (Å²) < 4.78 is 14.8. The van der Waals surface area contributed by atoms with E-state index in [1.165, 1.54) is 23.9 Å². The molecule has 4 rings (SSSR count). The SMILES string of the molecule is C/C=C(/C)c1ccc(CCC(N)=O)cc1.C=CC=C.NC(=O)C1CCCN(c2ncnc(N3CCCCC3)c2F)C1. The summed E-state index contributed by atoms with van der Waals surface area (Å²) >= 11 is 0. The molecular weight excluding hydrogens is 519 g/mol. The van der Waals surface area contributed by atoms with Crippen molar-refractivity contribution in [3.8, 4) is 0 Å². The number of benzene rings is 1. The maximum atomic E-state index is 14.8. The van der Waals surface area contributed by atoms with Crippen molar-refractivity contribution in [3.63, 3.8) is 0 Å². The van der Waals surface area contributed by atoms with Crippen LogP contribution in [-0.2, 0) is 16.0 Å². The average molecular weight is 565 g/mol. The van der Waals surface area contributed by atoms with Gasteiger partial charge >= 0.3 is 0 Å². The number of carbonyl (C=O) groups excluding carboxylic acids is 2. The van der Waals surface area contributed by atoms with Crippen LogP contribution in [0.3, 0.4) is 0 Å². The molecule has 0 radical (unpaired) electrons. The highest BCUT2D eigenvalue weighted by molar-refractivity contribution is 5.77. The van der Waals surface area contributed by atoms with Gasteiger partial charge in [0.2, 0.25) is 17.6 Å². The number of hydrogen-bond acceptors (Lipinski definition) is 6. The molecule has 9 heteroatoms. The van der Waals surface area contributed by atoms with Crippen LogP contribution in [0.1, 0.15) is 63.5 Å². The normalized spacial score (nSPS) is 16.9. The predicted octanol–water partition coefficient (Wildman–Crippen LogP) is 5.19. The Kier molecular flexibility index (Phi) is 14.3. The summed E-state index contributed by atoms with van der Waals surface area (Å²) in [6.07, 6.45) is 12.8. The second-order valence-electron chi connectivity index (χ2n) is 10.2. The van der Waals surface area contributed by atoms with Crippen LogP contribution in [0.2, 0.25) is 0 Å². The minimum atomic E-state index is -0.380. The van der Waals surface area contributed by atoms with Crippen molar-refractivity contribution in [1.29, 1.82) is 0 Å². The van der Waals surface area contributed by atoms with E-state index >= 15 is 0 Å². The van der Waals surface area contributed by atoms with Gasteiger partial charge in [-0.1, -0.05) is 55.7 Å². The summed E-state index contributed by atoms with van der Waals surface area (Å²) in [5.41, 5.74) is 14.1. The van der Waals surface area contributed by atoms with Crippen LogP contribution in [-0.4, -0.2) is 48.0 Å². The van der Waals surface area contributed by atoms with E-state index in [1.807, 2.05) is 28.9 Å². The summed E-state index contributed by atoms with van der Waals surface area (Å²) in [7, 11) is 0. The molecule has 2 aromatic rings. The van der Waals surface area contributed by atoms with Crippen LogP contribution < -0.4 is 21.3 Å². The Bertz CT molecular complexity index is 1170. The third-order valence-electron chi connectivity index (χ3n) is 7.20. The van der Waals surface area contributed by atoms with Crippen LogP contribution in [0.5, 0.6) is 0 Å². The number of primary amides is 2. The van der Waals surface area contributed by atoms with E-state index in [1.54, 1.807) is 12.2 Å². The lowest BCUT2D eigenvalue weighted by Crippen LogP contribution is -2.42. The third kappa shape index (κ3) is 10.8. The monoisotopic (exact) mass is 564 g/mol. The van der Waals surface area contributed by atoms with Crippen molar-refractivity contribution in [2.75, 3.05) is 36.0 Å². The number of amides is 2. The van der Waals surface area contributed by atoms with Gasteiger partial charge in [0.1, 0.15) is 6.33 Å². The quantitative estimate of drug-likeness (QED) is 0.426. The van der Waals surface area contributed by atoms with Gasteiger partial charge in [-0.05, 0) is 69.1 Å². The number of piperidine rings is 2. The lowest BCUT2D eigenvalue weighted by atomic mass is 9.97. The molecule has 0 saturated carbocycles. The first-order valence-corrected chi connectivity index (χ1v) is 14.2. The number of rotatable bonds is 8. The fourth-order valence-corrected chi connectivity index (χ4v) is 4.67. The number of halogens is 1. The minimum Gasteiger partial charge on any atom is -0.370 e. The highest BCUT2D eigenvalue weighted by Crippen LogP contribution is 2.29. The number of anilines is 2. The topological polar surface area (TPSA) is 118 Å². The van der Waals surface area contributed by atoms with Gasteiger partial charge in [-0.2, -0.15) is 4.39 Å². The molecule has 1 atom stereocenters. The second-order valence-corrected chi connectivity index (χ2v) is 10.2. The van der Waals surface area contributed by atoms with E-state index in [4.69, 9.17) is 11.5 Å². The van der Waals surface area contributed by atoms with Gasteiger partial charge in [0.15, 0.2) is 11.6 Å². The molecule has 2 amide bonds. The van der Waals surface area contributed by atoms with E-state index < -0.39 is 0 Å². The van der Waals surface area contributed by atoms with Crippen molar-refractivity contribution in [2.24, 2.45) is 17.4 Å². The number of carbonyl (C=O) groups is 2. The predicted molar refractivity (Wildman–Crippen MR) is 166 cm³/mol. The van der Waals surface area contributed by atoms with E-state index in [9.17, 15) is 14.0 Å². The molecule has 0 bridgehead atoms. The van der Waals surface area contributed by atoms with Crippen LogP contribution >= 0.6 is 0 Å². The Balaban J connectivity index is 0.000000269. The van der Waals surface area contributed by atoms with Crippen LogP contribution in [0.4, 0.5) is 16.0 Å². The minimum absolute atomic E-state index is 0.235. The van der Waals surface area contributed by atoms with Gasteiger partial charge in [0.05, 0.1) is 5.92 Å². The molecule has 1 aromatic heterocycles. The Morgan fingerprint density at radius 2 is 1.56 bits per heavy atom. The zero-order valence-electron chi connectivity index (χ0n) is 24.5. The molecule has 0 aliphatic carbocycles. The van der Waals surface area contributed by atoms with Crippen molar-refractivity contribution in [2.45, 2.75) is 58.8 Å². The van der Waals surface area contributed by atoms with Crippen molar-refractivity contribution >= 4 is 29.0 Å². The Hall–Kier alpha value is -4.01. The van der Waals surface area contributed by atoms with Gasteiger partial charge < -0.3 is 21.3 Å². The summed E-state index contributed by atoms with van der Waals surface area (Å²) in [5.74, 6) is -0.511. The zero-order chi connectivity index (χ0) is 30.2. The molecule has 1 unspecified atom stereocenters. The van der Waals surface area contributed by atoms with Crippen molar-refractivity contribution < 1.29 is 14.0 Å². The largest absolute Gasteiger partial charge is 0.370 e. The highest BCUT2D eigenvalue weighted by Gasteiger charge is 2.28. The Morgan fingerprint density at radius 1 is 0.976 bits per heavy atom. The molecular formula is C32H45FN6O2. The molecule has 222 valence electrons. The van der Waals surface area contributed by atoms with Gasteiger partial charge in [0.25, 0.3) is 0 Å². The molecule has 41 heavy (non-hydrogen) atoms. The van der Waals surface area contributed by atoms with Crippen LogP contribution in [0.15, 0.2) is 62.0 Å². The summed E-state index contributed by atoms with van der Waals surface area (Å²) in [6.45, 7) is 13.6. The molecule has 8 nitrogen and oxygen atoms in total. The second kappa shape index (κ2) is 17.6. The number of allylic oxidation sites excluding steroid dienone is 4. The molecule has 3 heterocycles. The molecule has 2 fully saturated rings. The smallest absolute Gasteiger partial charge is 0.222 e. The first-order chi connectivity index (χ1) is 19.7. The number of hydrogen-bond donors (Lipinski definition) is 2. The van der Waals surface area contributed by atoms with Gasteiger partial charge in [-0.25, -0.2) is 9.97 Å². The van der Waals surface area contributed by atoms with Crippen LogP contribution in [0.25, 0.3) is 5.57 Å². The van der Waals surface area contributed by atoms with E-state index in [2.05, 4.69) is 48.3 Å². The standard InChI is InChI=1S/C15H22FN5O.C13H17NO.C4H6/c16-12-14(20-6-2-1-3-7-20)18-10-19-15(12)21-8-4-5-11(9-21)13(17)22;1-3-10(2)12-7-4-11(5-8-12)6-9-13(14)15;1-3-4-2/h10-11H,1-9H2,(H2,17,22);3-5,7-8H,6,9H2,1-2H3,(H2,14,15);3-4H,1-2H2/b;10-3-;. The van der Waals surface area contributed by atoms with E-state index in [-0.39, 0.29) is 23.5 Å². The zero-order valence-corrected chi connectivity index (χ0v) is 24.5. The Labute approximate surface area is 244 Å². The number of nitrogens with two attached hydrogens (primary N) is 2. The molecule has 2 saturated heterocycles. The molecule has 1 aromatic carbocycles. The number of nitrogens with zero attached hydrogens (tertiary/aromatic N) is 4. The van der Waals surface area contributed by atoms with Crippen LogP contribution in [0, 0.1) is 11.7 Å². The Morgan fingerprint density at radius 3 is 2.10 bits per heavy atom. The first-order valence-electron chi connectivity index (χ1n) is 14.2. The van der Waals surface area contributed by atoms with Gasteiger partial charge in [-0.15, -0.1) is 0 Å². The summed E-state index contributed by atoms with van der Waals surface area (Å²) in [4.78, 5) is 34.1.